The van der Waals surface area contributed by atoms with Crippen molar-refractivity contribution in [2.45, 2.75) is 33.1 Å². The molecule has 0 bridgehead atoms. The van der Waals surface area contributed by atoms with Crippen LogP contribution in [0, 0.1) is 0 Å². The summed E-state index contributed by atoms with van der Waals surface area (Å²) in [4.78, 5) is 0. The summed E-state index contributed by atoms with van der Waals surface area (Å²) in [6, 6.07) is 0. The van der Waals surface area contributed by atoms with Gasteiger partial charge in [-0.1, -0.05) is 25.8 Å². The van der Waals surface area contributed by atoms with Crippen molar-refractivity contribution in [3.63, 3.8) is 0 Å². The summed E-state index contributed by atoms with van der Waals surface area (Å²) in [6.45, 7) is 3.91. The van der Waals surface area contributed by atoms with Crippen LogP contribution in [0.4, 0.5) is 0 Å². The zero-order valence-corrected chi connectivity index (χ0v) is 8.43. The van der Waals surface area contributed by atoms with Crippen molar-refractivity contribution < 1.29 is 12.6 Å². The molecule has 0 atom stereocenters. The average Bonchev–Trinajstić information content (AvgIpc) is 1.98. The molecule has 0 N–H and O–H groups in total. The van der Waals surface area contributed by atoms with Gasteiger partial charge < -0.3 is 0 Å². The van der Waals surface area contributed by atoms with Gasteiger partial charge in [-0.2, -0.15) is 8.42 Å². The van der Waals surface area contributed by atoms with Crippen LogP contribution in [0.3, 0.4) is 0 Å². The lowest BCUT2D eigenvalue weighted by atomic mass is 10.2. The Kier molecular flexibility index (Phi) is 6.02. The van der Waals surface area contributed by atoms with Gasteiger partial charge >= 0.3 is 0 Å². The smallest absolute Gasteiger partial charge is 0.267 e. The van der Waals surface area contributed by atoms with Gasteiger partial charge in [0.25, 0.3) is 10.1 Å². The largest absolute Gasteiger partial charge is 0.289 e. The van der Waals surface area contributed by atoms with Crippen LogP contribution in [0.1, 0.15) is 33.1 Å². The van der Waals surface area contributed by atoms with E-state index in [9.17, 15) is 8.42 Å². The van der Waals surface area contributed by atoms with Gasteiger partial charge in [0.05, 0.1) is 12.0 Å². The molecule has 0 aliphatic rings. The van der Waals surface area contributed by atoms with E-state index in [-0.39, 0.29) is 6.61 Å². The van der Waals surface area contributed by atoms with Gasteiger partial charge in [-0.25, -0.2) is 0 Å². The van der Waals surface area contributed by atoms with E-state index in [0.717, 1.165) is 24.7 Å². The molecule has 0 heterocycles. The molecule has 0 aliphatic carbocycles. The van der Waals surface area contributed by atoms with Gasteiger partial charge in [0.15, 0.2) is 0 Å². The molecule has 0 spiro atoms. The summed E-state index contributed by atoms with van der Waals surface area (Å²) in [5.74, 6) is 0. The number of unbranched alkanes of at least 4 members (excludes halogenated alkanes) is 2. The molecule has 72 valence electrons. The SMILES string of the molecule is CCCCC=CS(=O)(=O)OCC. The summed E-state index contributed by atoms with van der Waals surface area (Å²) in [7, 11) is -3.39. The lowest BCUT2D eigenvalue weighted by Crippen LogP contribution is -2.00. The van der Waals surface area contributed by atoms with Crippen LogP contribution in [0.25, 0.3) is 0 Å². The fourth-order valence-electron chi connectivity index (χ4n) is 0.711. The summed E-state index contributed by atoms with van der Waals surface area (Å²) < 4.78 is 26.3. The van der Waals surface area contributed by atoms with E-state index in [0.29, 0.717) is 0 Å². The van der Waals surface area contributed by atoms with Gasteiger partial charge in [0, 0.05) is 0 Å². The van der Waals surface area contributed by atoms with Crippen molar-refractivity contribution in [1.29, 1.82) is 0 Å². The van der Waals surface area contributed by atoms with Crippen molar-refractivity contribution in [3.8, 4) is 0 Å². The normalized spacial score (nSPS) is 12.5. The Morgan fingerprint density at radius 2 is 2.00 bits per heavy atom. The van der Waals surface area contributed by atoms with Gasteiger partial charge in [-0.15, -0.1) is 0 Å². The summed E-state index contributed by atoms with van der Waals surface area (Å²) >= 11 is 0. The molecule has 12 heavy (non-hydrogen) atoms. The molecule has 4 heteroatoms. The highest BCUT2D eigenvalue weighted by Crippen LogP contribution is 1.99. The minimum Gasteiger partial charge on any atom is -0.267 e. The van der Waals surface area contributed by atoms with Crippen molar-refractivity contribution in [2.75, 3.05) is 6.61 Å². The third kappa shape index (κ3) is 6.37. The summed E-state index contributed by atoms with van der Waals surface area (Å²) in [5, 5.41) is 1.13. The highest BCUT2D eigenvalue weighted by Gasteiger charge is 2.01. The molecule has 0 aromatic rings. The second kappa shape index (κ2) is 6.20. The molecule has 0 aliphatic heterocycles. The Bertz CT molecular complexity index is 216. The summed E-state index contributed by atoms with van der Waals surface area (Å²) in [5.41, 5.74) is 0. The summed E-state index contributed by atoms with van der Waals surface area (Å²) in [6.07, 6.45) is 4.51. The fourth-order valence-corrected chi connectivity index (χ4v) is 1.49. The highest BCUT2D eigenvalue weighted by molar-refractivity contribution is 7.89. The lowest BCUT2D eigenvalue weighted by molar-refractivity contribution is 0.344. The second-order valence-electron chi connectivity index (χ2n) is 2.41. The Hall–Kier alpha value is -0.350. The molecule has 0 saturated heterocycles. The molecule has 0 rings (SSSR count). The van der Waals surface area contributed by atoms with Gasteiger partial charge in [0.2, 0.25) is 0 Å². The van der Waals surface area contributed by atoms with Gasteiger partial charge in [-0.3, -0.25) is 4.18 Å². The quantitative estimate of drug-likeness (QED) is 0.478. The van der Waals surface area contributed by atoms with E-state index in [1.807, 2.05) is 0 Å². The molecular formula is C8H16O3S. The number of allylic oxidation sites excluding steroid dienone is 1. The maximum Gasteiger partial charge on any atom is 0.289 e. The highest BCUT2D eigenvalue weighted by atomic mass is 32.2. The first-order valence-electron chi connectivity index (χ1n) is 4.18. The number of hydrogen-bond acceptors (Lipinski definition) is 3. The Morgan fingerprint density at radius 3 is 2.50 bits per heavy atom. The fraction of sp³-hybridized carbons (Fsp3) is 0.750. The second-order valence-corrected chi connectivity index (χ2v) is 3.91. The molecule has 0 amide bonds. The van der Waals surface area contributed by atoms with Crippen LogP contribution in [-0.2, 0) is 14.3 Å². The van der Waals surface area contributed by atoms with Gasteiger partial charge in [-0.05, 0) is 13.3 Å². The van der Waals surface area contributed by atoms with Crippen molar-refractivity contribution in [1.82, 2.24) is 0 Å². The Labute approximate surface area is 74.6 Å². The standard InChI is InChI=1S/C8H16O3S/c1-3-5-6-7-8-12(9,10)11-4-2/h7-8H,3-6H2,1-2H3. The Balaban J connectivity index is 3.81. The topological polar surface area (TPSA) is 43.4 Å². The van der Waals surface area contributed by atoms with Crippen LogP contribution in [0.2, 0.25) is 0 Å². The van der Waals surface area contributed by atoms with Crippen LogP contribution >= 0.6 is 0 Å². The van der Waals surface area contributed by atoms with Crippen molar-refractivity contribution in [3.05, 3.63) is 11.5 Å². The molecule has 0 aromatic carbocycles. The first-order chi connectivity index (χ1) is 5.62. The predicted octanol–water partition coefficient (Wildman–Crippen LogP) is 2.06. The van der Waals surface area contributed by atoms with Crippen molar-refractivity contribution >= 4 is 10.1 Å². The molecular weight excluding hydrogens is 176 g/mol. The van der Waals surface area contributed by atoms with E-state index < -0.39 is 10.1 Å². The van der Waals surface area contributed by atoms with Crippen LogP contribution in [0.15, 0.2) is 11.5 Å². The zero-order valence-electron chi connectivity index (χ0n) is 7.62. The van der Waals surface area contributed by atoms with Crippen LogP contribution < -0.4 is 0 Å². The monoisotopic (exact) mass is 192 g/mol. The predicted molar refractivity (Wildman–Crippen MR) is 49.2 cm³/mol. The average molecular weight is 192 g/mol. The third-order valence-electron chi connectivity index (χ3n) is 1.27. The van der Waals surface area contributed by atoms with E-state index in [1.54, 1.807) is 13.0 Å². The lowest BCUT2D eigenvalue weighted by Gasteiger charge is -1.95. The number of hydrogen-bond donors (Lipinski definition) is 0. The Morgan fingerprint density at radius 1 is 1.33 bits per heavy atom. The van der Waals surface area contributed by atoms with Crippen LogP contribution in [0.5, 0.6) is 0 Å². The first kappa shape index (κ1) is 11.6. The van der Waals surface area contributed by atoms with E-state index in [2.05, 4.69) is 11.1 Å². The number of rotatable bonds is 6. The molecule has 0 fully saturated rings. The molecule has 3 nitrogen and oxygen atoms in total. The molecule has 0 saturated carbocycles. The van der Waals surface area contributed by atoms with Gasteiger partial charge in [0.1, 0.15) is 0 Å². The van der Waals surface area contributed by atoms with E-state index in [1.165, 1.54) is 0 Å². The van der Waals surface area contributed by atoms with Crippen molar-refractivity contribution in [2.24, 2.45) is 0 Å². The maximum absolute atomic E-state index is 10.9. The first-order valence-corrected chi connectivity index (χ1v) is 5.65. The third-order valence-corrected chi connectivity index (χ3v) is 2.36. The molecule has 0 radical (unpaired) electrons. The van der Waals surface area contributed by atoms with E-state index in [4.69, 9.17) is 0 Å². The molecule has 0 unspecified atom stereocenters. The minimum absolute atomic E-state index is 0.195. The maximum atomic E-state index is 10.9. The minimum atomic E-state index is -3.39. The van der Waals surface area contributed by atoms with Crippen LogP contribution in [-0.4, -0.2) is 15.0 Å². The van der Waals surface area contributed by atoms with E-state index >= 15 is 0 Å². The molecule has 0 aromatic heterocycles. The zero-order chi connectivity index (χ0) is 9.45.